The quantitative estimate of drug-likeness (QED) is 0.441. The number of carbonyl (C=O) groups is 2. The number of amides is 1. The van der Waals surface area contributed by atoms with E-state index < -0.39 is 34.5 Å². The maximum Gasteiger partial charge on any atom is 0.328 e. The van der Waals surface area contributed by atoms with E-state index in [4.69, 9.17) is 9.47 Å². The van der Waals surface area contributed by atoms with Crippen LogP contribution in [0.4, 0.5) is 11.4 Å². The molecule has 142 valence electrons. The van der Waals surface area contributed by atoms with Crippen LogP contribution in [0.3, 0.4) is 0 Å². The van der Waals surface area contributed by atoms with E-state index in [1.165, 1.54) is 37.3 Å². The van der Waals surface area contributed by atoms with Crippen molar-refractivity contribution < 1.29 is 24.2 Å². The second-order valence-corrected chi connectivity index (χ2v) is 6.07. The van der Waals surface area contributed by atoms with Crippen LogP contribution < -0.4 is 20.9 Å². The zero-order valence-corrected chi connectivity index (χ0v) is 14.8. The lowest BCUT2D eigenvalue weighted by Crippen LogP contribution is -2.41. The number of nitrogens with zero attached hydrogens (tertiary/aromatic N) is 1. The van der Waals surface area contributed by atoms with Gasteiger partial charge in [-0.2, -0.15) is 0 Å². The van der Waals surface area contributed by atoms with Crippen LogP contribution in [0, 0.1) is 0 Å². The van der Waals surface area contributed by atoms with E-state index in [1.807, 2.05) is 0 Å². The maximum absolute atomic E-state index is 12.8. The second kappa shape index (κ2) is 7.10. The number of phenols is 1. The van der Waals surface area contributed by atoms with Gasteiger partial charge in [-0.3, -0.25) is 14.4 Å². The smallest absolute Gasteiger partial charge is 0.328 e. The number of methoxy groups -OCH3 is 2. The molecule has 1 aliphatic rings. The van der Waals surface area contributed by atoms with E-state index in [2.05, 4.69) is 5.32 Å². The molecule has 27 heavy (non-hydrogen) atoms. The number of esters is 1. The number of ether oxygens (including phenoxy) is 2. The molecule has 1 amide bonds. The average Bonchev–Trinajstić information content (AvgIpc) is 3.17. The molecule has 2 N–H and O–H groups in total. The lowest BCUT2D eigenvalue weighted by molar-refractivity contribution is -0.145. The van der Waals surface area contributed by atoms with Crippen molar-refractivity contribution in [3.05, 3.63) is 44.2 Å². The Morgan fingerprint density at radius 1 is 1.22 bits per heavy atom. The molecule has 3 rings (SSSR count). The SMILES string of the molecule is COC(=O)C1CCCN1C(=O)c1cccc(Nc2c(OC)c(=O)c2=O)c1O. The first-order valence-corrected chi connectivity index (χ1v) is 8.25. The first-order chi connectivity index (χ1) is 12.9. The molecule has 9 heteroatoms. The van der Waals surface area contributed by atoms with Gasteiger partial charge in [-0.25, -0.2) is 4.79 Å². The molecular formula is C18H18N2O7. The lowest BCUT2D eigenvalue weighted by atomic mass is 10.1. The first-order valence-electron chi connectivity index (χ1n) is 8.25. The Balaban J connectivity index is 1.90. The number of likely N-dealkylation sites (tertiary alicyclic amines) is 1. The summed E-state index contributed by atoms with van der Waals surface area (Å²) in [4.78, 5) is 49.1. The van der Waals surface area contributed by atoms with Gasteiger partial charge in [-0.15, -0.1) is 0 Å². The Labute approximate surface area is 153 Å². The van der Waals surface area contributed by atoms with E-state index in [1.54, 1.807) is 0 Å². The third-order valence-electron chi connectivity index (χ3n) is 4.58. The third kappa shape index (κ3) is 3.01. The summed E-state index contributed by atoms with van der Waals surface area (Å²) in [6.07, 6.45) is 1.13. The van der Waals surface area contributed by atoms with Crippen molar-refractivity contribution in [1.29, 1.82) is 0 Å². The largest absolute Gasteiger partial charge is 0.505 e. The number of aromatic hydroxyl groups is 1. The Morgan fingerprint density at radius 2 is 1.96 bits per heavy atom. The summed E-state index contributed by atoms with van der Waals surface area (Å²) in [5.41, 5.74) is -1.58. The molecule has 2 aromatic rings. The number of para-hydroxylation sites is 1. The van der Waals surface area contributed by atoms with Crippen molar-refractivity contribution in [2.24, 2.45) is 0 Å². The number of anilines is 2. The molecule has 1 unspecified atom stereocenters. The summed E-state index contributed by atoms with van der Waals surface area (Å²) >= 11 is 0. The monoisotopic (exact) mass is 374 g/mol. The highest BCUT2D eigenvalue weighted by molar-refractivity contribution is 6.01. The van der Waals surface area contributed by atoms with Gasteiger partial charge in [0.15, 0.2) is 11.5 Å². The van der Waals surface area contributed by atoms with Gasteiger partial charge in [0.2, 0.25) is 0 Å². The lowest BCUT2D eigenvalue weighted by Gasteiger charge is -2.23. The van der Waals surface area contributed by atoms with E-state index in [0.29, 0.717) is 19.4 Å². The van der Waals surface area contributed by atoms with Gasteiger partial charge in [-0.05, 0) is 25.0 Å². The number of hydrogen-bond donors (Lipinski definition) is 2. The van der Waals surface area contributed by atoms with Crippen LogP contribution in [-0.2, 0) is 9.53 Å². The fourth-order valence-corrected chi connectivity index (χ4v) is 3.18. The Kier molecular flexibility index (Phi) is 4.85. The number of phenolic OH excluding ortho intramolecular Hbond substituents is 1. The summed E-state index contributed by atoms with van der Waals surface area (Å²) in [5.74, 6) is -1.57. The van der Waals surface area contributed by atoms with E-state index in [0.717, 1.165) is 0 Å². The van der Waals surface area contributed by atoms with Crippen molar-refractivity contribution >= 4 is 23.3 Å². The summed E-state index contributed by atoms with van der Waals surface area (Å²) < 4.78 is 9.57. The standard InChI is InChI=1S/C18H18N2O7/c1-26-16-12(14(22)15(16)23)19-10-6-3-5-9(13(10)21)17(24)20-8-4-7-11(20)18(25)27-2/h3,5-6,11,19,21H,4,7-8H2,1-2H3. The number of nitrogens with one attached hydrogen (secondary N) is 1. The van der Waals surface area contributed by atoms with Crippen LogP contribution >= 0.6 is 0 Å². The fourth-order valence-electron chi connectivity index (χ4n) is 3.18. The van der Waals surface area contributed by atoms with Crippen LogP contribution in [0.2, 0.25) is 0 Å². The Bertz CT molecular complexity index is 975. The summed E-state index contributed by atoms with van der Waals surface area (Å²) in [7, 11) is 2.50. The third-order valence-corrected chi connectivity index (χ3v) is 4.58. The number of hydrogen-bond acceptors (Lipinski definition) is 8. The normalized spacial score (nSPS) is 16.4. The molecular weight excluding hydrogens is 356 g/mol. The Morgan fingerprint density at radius 3 is 2.63 bits per heavy atom. The molecule has 1 aliphatic heterocycles. The topological polar surface area (TPSA) is 122 Å². The van der Waals surface area contributed by atoms with E-state index in [-0.39, 0.29) is 22.7 Å². The average molecular weight is 374 g/mol. The minimum absolute atomic E-state index is 0.0338. The van der Waals surface area contributed by atoms with Crippen LogP contribution in [0.1, 0.15) is 23.2 Å². The summed E-state index contributed by atoms with van der Waals surface area (Å²) in [6.45, 7) is 0.363. The molecule has 1 fully saturated rings. The number of carbonyl (C=O) groups excluding carboxylic acids is 2. The highest BCUT2D eigenvalue weighted by Crippen LogP contribution is 2.33. The van der Waals surface area contributed by atoms with E-state index in [9.17, 15) is 24.3 Å². The summed E-state index contributed by atoms with van der Waals surface area (Å²) in [6, 6.07) is 3.67. The predicted octanol–water partition coefficient (Wildman–Crippen LogP) is 0.518. The van der Waals surface area contributed by atoms with E-state index >= 15 is 0 Å². The van der Waals surface area contributed by atoms with Gasteiger partial charge in [0, 0.05) is 6.54 Å². The molecule has 2 aromatic carbocycles. The Hall–Kier alpha value is -3.36. The first kappa shape index (κ1) is 18.4. The van der Waals surface area contributed by atoms with Crippen LogP contribution in [0.5, 0.6) is 11.5 Å². The number of benzene rings is 1. The molecule has 1 heterocycles. The highest BCUT2D eigenvalue weighted by atomic mass is 16.5. The molecule has 1 saturated heterocycles. The maximum atomic E-state index is 12.8. The van der Waals surface area contributed by atoms with Gasteiger partial charge in [0.25, 0.3) is 16.8 Å². The molecule has 0 spiro atoms. The van der Waals surface area contributed by atoms with Crippen molar-refractivity contribution in [2.45, 2.75) is 18.9 Å². The van der Waals surface area contributed by atoms with Crippen molar-refractivity contribution in [3.63, 3.8) is 0 Å². The minimum Gasteiger partial charge on any atom is -0.505 e. The fraction of sp³-hybridized carbons (Fsp3) is 0.333. The van der Waals surface area contributed by atoms with Crippen molar-refractivity contribution in [2.75, 3.05) is 26.1 Å². The van der Waals surface area contributed by atoms with Crippen LogP contribution in [0.25, 0.3) is 0 Å². The molecule has 0 bridgehead atoms. The van der Waals surface area contributed by atoms with Crippen molar-refractivity contribution in [3.8, 4) is 11.5 Å². The zero-order chi connectivity index (χ0) is 19.7. The molecule has 9 nitrogen and oxygen atoms in total. The van der Waals surface area contributed by atoms with Crippen LogP contribution in [-0.4, -0.2) is 48.7 Å². The molecule has 0 radical (unpaired) electrons. The van der Waals surface area contributed by atoms with Gasteiger partial charge in [-0.1, -0.05) is 6.07 Å². The predicted molar refractivity (Wildman–Crippen MR) is 95.4 cm³/mol. The molecule has 0 saturated carbocycles. The number of rotatable bonds is 5. The molecule has 0 aliphatic carbocycles. The van der Waals surface area contributed by atoms with Crippen LogP contribution in [0.15, 0.2) is 27.8 Å². The van der Waals surface area contributed by atoms with Crippen molar-refractivity contribution in [1.82, 2.24) is 4.90 Å². The van der Waals surface area contributed by atoms with Gasteiger partial charge in [0.1, 0.15) is 11.7 Å². The zero-order valence-electron chi connectivity index (χ0n) is 14.8. The molecule has 1 atom stereocenters. The second-order valence-electron chi connectivity index (χ2n) is 6.07. The minimum atomic E-state index is -0.770. The van der Waals surface area contributed by atoms with Gasteiger partial charge in [0.05, 0.1) is 25.5 Å². The highest BCUT2D eigenvalue weighted by Gasteiger charge is 2.36. The van der Waals surface area contributed by atoms with Gasteiger partial charge < -0.3 is 24.8 Å². The summed E-state index contributed by atoms with van der Waals surface area (Å²) in [5, 5.41) is 13.1. The molecule has 0 aromatic heterocycles. The van der Waals surface area contributed by atoms with Gasteiger partial charge >= 0.3 is 5.97 Å².